The van der Waals surface area contributed by atoms with Crippen molar-refractivity contribution >= 4 is 22.7 Å². The summed E-state index contributed by atoms with van der Waals surface area (Å²) in [6, 6.07) is 13.2. The lowest BCUT2D eigenvalue weighted by molar-refractivity contribution is 0.0159. The molecule has 0 aliphatic carbocycles. The summed E-state index contributed by atoms with van der Waals surface area (Å²) in [7, 11) is 0. The molecule has 0 bridgehead atoms. The molecule has 3 heterocycles. The fraction of sp³-hybridized carbons (Fsp3) is 0.333. The second kappa shape index (κ2) is 8.41. The van der Waals surface area contributed by atoms with E-state index in [0.29, 0.717) is 19.8 Å². The molecule has 0 unspecified atom stereocenters. The summed E-state index contributed by atoms with van der Waals surface area (Å²) in [6.45, 7) is 5.40. The van der Waals surface area contributed by atoms with E-state index in [1.807, 2.05) is 49.4 Å². The zero-order chi connectivity index (χ0) is 19.3. The highest BCUT2D eigenvalue weighted by Crippen LogP contribution is 2.23. The lowest BCUT2D eigenvalue weighted by Gasteiger charge is -2.34. The molecule has 28 heavy (non-hydrogen) atoms. The van der Waals surface area contributed by atoms with Crippen LogP contribution in [0, 0.1) is 6.92 Å². The summed E-state index contributed by atoms with van der Waals surface area (Å²) in [5, 5.41) is 6.85. The first kappa shape index (κ1) is 18.5. The molecule has 7 nitrogen and oxygen atoms in total. The maximum absolute atomic E-state index is 12.5. The highest BCUT2D eigenvalue weighted by Gasteiger charge is 2.24. The summed E-state index contributed by atoms with van der Waals surface area (Å²) in [5.74, 6) is 0.848. The van der Waals surface area contributed by atoms with Gasteiger partial charge in [0.15, 0.2) is 0 Å². The summed E-state index contributed by atoms with van der Waals surface area (Å²) < 4.78 is 11.0. The van der Waals surface area contributed by atoms with Crippen LogP contribution in [0.15, 0.2) is 53.1 Å². The Kier molecular flexibility index (Phi) is 5.55. The number of hydrogen-bond donors (Lipinski definition) is 2. The second-order valence-electron chi connectivity index (χ2n) is 6.86. The number of fused-ring (bicyclic) bond motifs is 1. The summed E-state index contributed by atoms with van der Waals surface area (Å²) in [4.78, 5) is 19.2. The van der Waals surface area contributed by atoms with Crippen LogP contribution < -0.4 is 10.6 Å². The Morgan fingerprint density at radius 2 is 2.07 bits per heavy atom. The molecule has 2 N–H and O–H groups in total. The van der Waals surface area contributed by atoms with E-state index in [0.717, 1.165) is 41.2 Å². The number of hydrogen-bond acceptors (Lipinski definition) is 5. The Balaban J connectivity index is 1.41. The zero-order valence-electron chi connectivity index (χ0n) is 15.9. The normalized spacial score (nSPS) is 16.0. The third kappa shape index (κ3) is 4.32. The minimum atomic E-state index is -0.242. The van der Waals surface area contributed by atoms with Gasteiger partial charge in [0.25, 0.3) is 0 Å². The van der Waals surface area contributed by atoms with Crippen LogP contribution in [0.2, 0.25) is 0 Å². The maximum Gasteiger partial charge on any atom is 0.319 e. The molecule has 1 aliphatic heterocycles. The summed E-state index contributed by atoms with van der Waals surface area (Å²) in [5.41, 5.74) is 2.48. The molecule has 0 spiro atoms. The van der Waals surface area contributed by atoms with Crippen LogP contribution >= 0.6 is 0 Å². The Hall–Kier alpha value is -2.90. The topological polar surface area (TPSA) is 79.6 Å². The fourth-order valence-electron chi connectivity index (χ4n) is 3.50. The molecule has 1 fully saturated rings. The quantitative estimate of drug-likeness (QED) is 0.710. The van der Waals surface area contributed by atoms with Crippen molar-refractivity contribution in [3.8, 4) is 0 Å². The van der Waals surface area contributed by atoms with Crippen molar-refractivity contribution in [2.75, 3.05) is 38.2 Å². The lowest BCUT2D eigenvalue weighted by atomic mass is 10.1. The highest BCUT2D eigenvalue weighted by molar-refractivity contribution is 5.92. The van der Waals surface area contributed by atoms with Crippen molar-refractivity contribution in [3.63, 3.8) is 0 Å². The number of nitrogens with zero attached hydrogens (tertiary/aromatic N) is 2. The number of furan rings is 1. The van der Waals surface area contributed by atoms with Gasteiger partial charge in [0.2, 0.25) is 0 Å². The average Bonchev–Trinajstić information content (AvgIpc) is 3.09. The smallest absolute Gasteiger partial charge is 0.319 e. The van der Waals surface area contributed by atoms with E-state index >= 15 is 0 Å². The number of benzene rings is 1. The van der Waals surface area contributed by atoms with Gasteiger partial charge in [-0.1, -0.05) is 6.07 Å². The number of amides is 2. The number of rotatable bonds is 5. The predicted molar refractivity (Wildman–Crippen MR) is 107 cm³/mol. The van der Waals surface area contributed by atoms with E-state index in [-0.39, 0.29) is 12.1 Å². The molecule has 1 saturated heterocycles. The number of carbonyl (C=O) groups excluding carboxylic acids is 1. The van der Waals surface area contributed by atoms with Crippen LogP contribution in [0.4, 0.5) is 10.5 Å². The largest absolute Gasteiger partial charge is 0.461 e. The molecule has 0 radical (unpaired) electrons. The van der Waals surface area contributed by atoms with Gasteiger partial charge in [-0.05, 0) is 43.3 Å². The molecular formula is C21H24N4O3. The lowest BCUT2D eigenvalue weighted by Crippen LogP contribution is -2.44. The standard InChI is InChI=1S/C21H24N4O3/c1-15-12-16-13-17(5-6-20(16)28-15)24-21(26)23-14-19(18-4-2-3-7-22-18)25-8-10-27-11-9-25/h2-7,12-13,19H,8-11,14H2,1H3,(H2,23,24,26)/t19-/m1/s1. The zero-order valence-corrected chi connectivity index (χ0v) is 15.9. The number of nitrogens with one attached hydrogen (secondary N) is 2. The molecule has 146 valence electrons. The van der Waals surface area contributed by atoms with E-state index < -0.39 is 0 Å². The molecule has 2 aromatic heterocycles. The van der Waals surface area contributed by atoms with Crippen LogP contribution in [-0.2, 0) is 4.74 Å². The molecule has 2 amide bonds. The SMILES string of the molecule is Cc1cc2cc(NC(=O)NC[C@H](c3ccccn3)N3CCOCC3)ccc2o1. The minimum absolute atomic E-state index is 0.00912. The third-order valence-corrected chi connectivity index (χ3v) is 4.87. The Morgan fingerprint density at radius 1 is 1.21 bits per heavy atom. The average molecular weight is 380 g/mol. The number of aromatic nitrogens is 1. The van der Waals surface area contributed by atoms with Crippen molar-refractivity contribution in [2.24, 2.45) is 0 Å². The first-order chi connectivity index (χ1) is 13.7. The van der Waals surface area contributed by atoms with Crippen molar-refractivity contribution in [2.45, 2.75) is 13.0 Å². The molecular weight excluding hydrogens is 356 g/mol. The van der Waals surface area contributed by atoms with Crippen LogP contribution in [0.25, 0.3) is 11.0 Å². The maximum atomic E-state index is 12.5. The number of morpholine rings is 1. The number of anilines is 1. The molecule has 1 atom stereocenters. The third-order valence-electron chi connectivity index (χ3n) is 4.87. The first-order valence-electron chi connectivity index (χ1n) is 9.47. The number of pyridine rings is 1. The number of urea groups is 1. The van der Waals surface area contributed by atoms with Crippen molar-refractivity contribution in [3.05, 3.63) is 60.1 Å². The van der Waals surface area contributed by atoms with E-state index in [4.69, 9.17) is 9.15 Å². The van der Waals surface area contributed by atoms with Crippen LogP contribution in [0.3, 0.4) is 0 Å². The minimum Gasteiger partial charge on any atom is -0.461 e. The number of ether oxygens (including phenoxy) is 1. The van der Waals surface area contributed by atoms with Crippen LogP contribution in [0.5, 0.6) is 0 Å². The van der Waals surface area contributed by atoms with Crippen molar-refractivity contribution < 1.29 is 13.9 Å². The molecule has 1 aromatic carbocycles. The molecule has 4 rings (SSSR count). The van der Waals surface area contributed by atoms with E-state index in [9.17, 15) is 4.79 Å². The second-order valence-corrected chi connectivity index (χ2v) is 6.86. The Bertz CT molecular complexity index is 935. The number of carbonyl (C=O) groups is 1. The van der Waals surface area contributed by atoms with Gasteiger partial charge in [0.05, 0.1) is 24.9 Å². The molecule has 3 aromatic rings. The van der Waals surface area contributed by atoms with Gasteiger partial charge in [-0.25, -0.2) is 4.79 Å². The van der Waals surface area contributed by atoms with Gasteiger partial charge in [0, 0.05) is 36.9 Å². The van der Waals surface area contributed by atoms with Gasteiger partial charge >= 0.3 is 6.03 Å². The Labute approximate surface area is 163 Å². The highest BCUT2D eigenvalue weighted by atomic mass is 16.5. The molecule has 7 heteroatoms. The van der Waals surface area contributed by atoms with Crippen LogP contribution in [0.1, 0.15) is 17.5 Å². The van der Waals surface area contributed by atoms with Gasteiger partial charge in [-0.3, -0.25) is 9.88 Å². The monoisotopic (exact) mass is 380 g/mol. The molecule has 0 saturated carbocycles. The van der Waals surface area contributed by atoms with E-state index in [1.54, 1.807) is 6.20 Å². The summed E-state index contributed by atoms with van der Waals surface area (Å²) >= 11 is 0. The summed E-state index contributed by atoms with van der Waals surface area (Å²) in [6.07, 6.45) is 1.78. The van der Waals surface area contributed by atoms with Crippen molar-refractivity contribution in [1.82, 2.24) is 15.2 Å². The Morgan fingerprint density at radius 3 is 2.86 bits per heavy atom. The van der Waals surface area contributed by atoms with Gasteiger partial charge in [-0.2, -0.15) is 0 Å². The number of aryl methyl sites for hydroxylation is 1. The van der Waals surface area contributed by atoms with E-state index in [1.165, 1.54) is 0 Å². The van der Waals surface area contributed by atoms with Crippen LogP contribution in [-0.4, -0.2) is 48.8 Å². The first-order valence-corrected chi connectivity index (χ1v) is 9.47. The van der Waals surface area contributed by atoms with E-state index in [2.05, 4.69) is 20.5 Å². The van der Waals surface area contributed by atoms with Gasteiger partial charge in [-0.15, -0.1) is 0 Å². The fourth-order valence-corrected chi connectivity index (χ4v) is 3.50. The molecule has 1 aliphatic rings. The van der Waals surface area contributed by atoms with Crippen molar-refractivity contribution in [1.29, 1.82) is 0 Å². The predicted octanol–water partition coefficient (Wildman–Crippen LogP) is 3.33. The van der Waals surface area contributed by atoms with Gasteiger partial charge < -0.3 is 19.8 Å². The van der Waals surface area contributed by atoms with Gasteiger partial charge in [0.1, 0.15) is 11.3 Å².